The monoisotopic (exact) mass is 504 g/mol. The lowest BCUT2D eigenvalue weighted by molar-refractivity contribution is -0.117. The van der Waals surface area contributed by atoms with Crippen molar-refractivity contribution < 1.29 is 26.7 Å². The third-order valence-corrected chi connectivity index (χ3v) is 6.24. The van der Waals surface area contributed by atoms with Crippen molar-refractivity contribution >= 4 is 11.7 Å². The molecule has 0 bridgehead atoms. The van der Waals surface area contributed by atoms with Crippen LogP contribution in [0.4, 0.5) is 27.8 Å². The Hall–Kier alpha value is -3.56. The van der Waals surface area contributed by atoms with Gasteiger partial charge in [-0.2, -0.15) is 0 Å². The van der Waals surface area contributed by atoms with E-state index in [9.17, 15) is 22.4 Å². The van der Waals surface area contributed by atoms with E-state index < -0.39 is 42.6 Å². The topological polar surface area (TPSA) is 72.1 Å². The summed E-state index contributed by atoms with van der Waals surface area (Å²) in [6.07, 6.45) is 1.29. The van der Waals surface area contributed by atoms with Gasteiger partial charge in [0.05, 0.1) is 24.7 Å². The zero-order valence-corrected chi connectivity index (χ0v) is 19.5. The number of carbonyl (C=O) groups excluding carboxylic acids is 1. The second-order valence-corrected chi connectivity index (χ2v) is 9.13. The Morgan fingerprint density at radius 1 is 1.06 bits per heavy atom. The number of aryl methyl sites for hydroxylation is 2. The minimum atomic E-state index is -3.11. The standard InChI is InChI=1S/C26H25F5N4O/c1-25(28,29)19-9-7-18(8-10-19)21-13-26(30,31)14-35(21)24-23(27)20(33-15-34-24)11-6-16-2-4-17(5-3-16)12-22(32)36/h2-5,7-10,15,21H,6,11-14H2,1H3,(H2,32,36). The van der Waals surface area contributed by atoms with Crippen LogP contribution in [0.3, 0.4) is 0 Å². The first-order valence-corrected chi connectivity index (χ1v) is 11.4. The van der Waals surface area contributed by atoms with Gasteiger partial charge in [0, 0.05) is 18.9 Å². The maximum atomic E-state index is 15.4. The zero-order chi connectivity index (χ0) is 26.1. The van der Waals surface area contributed by atoms with E-state index in [1.54, 1.807) is 24.3 Å². The summed E-state index contributed by atoms with van der Waals surface area (Å²) in [5.74, 6) is -7.65. The van der Waals surface area contributed by atoms with Gasteiger partial charge in [-0.05, 0) is 29.5 Å². The summed E-state index contributed by atoms with van der Waals surface area (Å²) in [5.41, 5.74) is 7.05. The Kier molecular flexibility index (Phi) is 6.97. The van der Waals surface area contributed by atoms with Gasteiger partial charge in [0.1, 0.15) is 6.33 Å². The fourth-order valence-electron chi connectivity index (χ4n) is 4.39. The van der Waals surface area contributed by atoms with Crippen LogP contribution in [-0.2, 0) is 30.0 Å². The number of hydrogen-bond donors (Lipinski definition) is 1. The smallest absolute Gasteiger partial charge is 0.270 e. The molecule has 1 aromatic heterocycles. The average Bonchev–Trinajstić information content (AvgIpc) is 3.13. The van der Waals surface area contributed by atoms with Crippen LogP contribution in [0.25, 0.3) is 0 Å². The van der Waals surface area contributed by atoms with Gasteiger partial charge in [-0.25, -0.2) is 31.9 Å². The van der Waals surface area contributed by atoms with Crippen LogP contribution in [0.2, 0.25) is 0 Å². The van der Waals surface area contributed by atoms with Crippen molar-refractivity contribution in [3.8, 4) is 0 Å². The average molecular weight is 505 g/mol. The molecule has 2 N–H and O–H groups in total. The predicted molar refractivity (Wildman–Crippen MR) is 124 cm³/mol. The van der Waals surface area contributed by atoms with E-state index in [1.807, 2.05) is 0 Å². The summed E-state index contributed by atoms with van der Waals surface area (Å²) in [4.78, 5) is 20.2. The van der Waals surface area contributed by atoms with Crippen LogP contribution in [0, 0.1) is 5.82 Å². The number of anilines is 1. The molecule has 0 spiro atoms. The van der Waals surface area contributed by atoms with Crippen molar-refractivity contribution in [1.82, 2.24) is 9.97 Å². The number of primary amides is 1. The lowest BCUT2D eigenvalue weighted by atomic mass is 10.00. The number of carbonyl (C=O) groups is 1. The number of benzene rings is 2. The largest absolute Gasteiger partial charge is 0.369 e. The summed E-state index contributed by atoms with van der Waals surface area (Å²) in [6, 6.07) is 11.3. The van der Waals surface area contributed by atoms with Gasteiger partial charge in [-0.15, -0.1) is 0 Å². The number of alkyl halides is 4. The third-order valence-electron chi connectivity index (χ3n) is 6.24. The molecule has 4 rings (SSSR count). The molecule has 1 aliphatic rings. The summed E-state index contributed by atoms with van der Waals surface area (Å²) < 4.78 is 71.5. The van der Waals surface area contributed by atoms with Gasteiger partial charge in [-0.3, -0.25) is 4.79 Å². The Morgan fingerprint density at radius 3 is 2.31 bits per heavy atom. The molecule has 190 valence electrons. The first-order chi connectivity index (χ1) is 16.9. The molecule has 0 radical (unpaired) electrons. The van der Waals surface area contributed by atoms with Gasteiger partial charge in [0.15, 0.2) is 11.6 Å². The van der Waals surface area contributed by atoms with Crippen molar-refractivity contribution in [2.75, 3.05) is 11.4 Å². The minimum absolute atomic E-state index is 0.0798. The number of nitrogens with two attached hydrogens (primary N) is 1. The van der Waals surface area contributed by atoms with Crippen LogP contribution in [-0.4, -0.2) is 28.3 Å². The molecule has 36 heavy (non-hydrogen) atoms. The quantitative estimate of drug-likeness (QED) is 0.432. The fraction of sp³-hybridized carbons (Fsp3) is 0.346. The molecule has 10 heteroatoms. The predicted octanol–water partition coefficient (Wildman–Crippen LogP) is 5.13. The summed E-state index contributed by atoms with van der Waals surface area (Å²) in [6.45, 7) is 0.00331. The van der Waals surface area contributed by atoms with Gasteiger partial charge in [-0.1, -0.05) is 48.5 Å². The SMILES string of the molecule is CC(F)(F)c1ccc(C2CC(F)(F)CN2c2ncnc(CCc3ccc(CC(N)=O)cc3)c2F)cc1. The van der Waals surface area contributed by atoms with E-state index in [-0.39, 0.29) is 29.9 Å². The van der Waals surface area contributed by atoms with Crippen LogP contribution in [0.1, 0.15) is 47.3 Å². The maximum Gasteiger partial charge on any atom is 0.270 e. The maximum absolute atomic E-state index is 15.4. The second-order valence-electron chi connectivity index (χ2n) is 9.13. The van der Waals surface area contributed by atoms with Crippen LogP contribution in [0.5, 0.6) is 0 Å². The number of hydrogen-bond acceptors (Lipinski definition) is 4. The number of amides is 1. The normalized spacial score (nSPS) is 17.4. The van der Waals surface area contributed by atoms with E-state index in [1.165, 1.54) is 29.2 Å². The molecule has 1 atom stereocenters. The van der Waals surface area contributed by atoms with Crippen molar-refractivity contribution in [3.63, 3.8) is 0 Å². The molecule has 0 saturated carbocycles. The minimum Gasteiger partial charge on any atom is -0.369 e. The highest BCUT2D eigenvalue weighted by Crippen LogP contribution is 2.44. The lowest BCUT2D eigenvalue weighted by Crippen LogP contribution is -2.28. The van der Waals surface area contributed by atoms with Crippen molar-refractivity contribution in [2.45, 2.75) is 50.5 Å². The van der Waals surface area contributed by atoms with Gasteiger partial charge in [0.2, 0.25) is 5.91 Å². The molecule has 1 amide bonds. The van der Waals surface area contributed by atoms with Crippen LogP contribution < -0.4 is 10.6 Å². The highest BCUT2D eigenvalue weighted by molar-refractivity contribution is 5.76. The Labute approximate surface area is 205 Å². The molecular formula is C26H25F5N4O. The van der Waals surface area contributed by atoms with E-state index in [0.717, 1.165) is 24.4 Å². The number of nitrogens with zero attached hydrogens (tertiary/aromatic N) is 3. The van der Waals surface area contributed by atoms with Crippen molar-refractivity contribution in [3.05, 3.63) is 88.6 Å². The molecular weight excluding hydrogens is 479 g/mol. The Bertz CT molecular complexity index is 1230. The molecule has 2 heterocycles. The summed E-state index contributed by atoms with van der Waals surface area (Å²) >= 11 is 0. The first-order valence-electron chi connectivity index (χ1n) is 11.4. The molecule has 1 fully saturated rings. The molecule has 0 aliphatic carbocycles. The molecule has 1 aliphatic heterocycles. The number of halogens is 5. The van der Waals surface area contributed by atoms with Crippen LogP contribution in [0.15, 0.2) is 54.9 Å². The molecule has 3 aromatic rings. The van der Waals surface area contributed by atoms with E-state index in [2.05, 4.69) is 9.97 Å². The highest BCUT2D eigenvalue weighted by Gasteiger charge is 2.47. The van der Waals surface area contributed by atoms with Crippen molar-refractivity contribution in [1.29, 1.82) is 0 Å². The molecule has 1 saturated heterocycles. The number of aromatic nitrogens is 2. The Morgan fingerprint density at radius 2 is 1.69 bits per heavy atom. The summed E-state index contributed by atoms with van der Waals surface area (Å²) in [7, 11) is 0. The second kappa shape index (κ2) is 9.83. The third kappa shape index (κ3) is 5.80. The Balaban J connectivity index is 1.55. The summed E-state index contributed by atoms with van der Waals surface area (Å²) in [5, 5.41) is 0. The van der Waals surface area contributed by atoms with Gasteiger partial charge in [0.25, 0.3) is 11.8 Å². The lowest BCUT2D eigenvalue weighted by Gasteiger charge is -2.26. The molecule has 5 nitrogen and oxygen atoms in total. The number of rotatable bonds is 8. The van der Waals surface area contributed by atoms with Gasteiger partial charge < -0.3 is 10.6 Å². The van der Waals surface area contributed by atoms with E-state index >= 15 is 4.39 Å². The van der Waals surface area contributed by atoms with Crippen LogP contribution >= 0.6 is 0 Å². The fourth-order valence-corrected chi connectivity index (χ4v) is 4.39. The highest BCUT2D eigenvalue weighted by atomic mass is 19.3. The zero-order valence-electron chi connectivity index (χ0n) is 19.5. The molecule has 1 unspecified atom stereocenters. The first kappa shape index (κ1) is 25.5. The van der Waals surface area contributed by atoms with Crippen molar-refractivity contribution in [2.24, 2.45) is 5.73 Å². The van der Waals surface area contributed by atoms with Gasteiger partial charge >= 0.3 is 0 Å². The van der Waals surface area contributed by atoms with E-state index in [0.29, 0.717) is 12.0 Å². The molecule has 2 aromatic carbocycles. The van der Waals surface area contributed by atoms with E-state index in [4.69, 9.17) is 5.73 Å².